The van der Waals surface area contributed by atoms with E-state index in [9.17, 15) is 8.42 Å². The molecule has 1 atom stereocenters. The quantitative estimate of drug-likeness (QED) is 0.923. The van der Waals surface area contributed by atoms with Crippen LogP contribution < -0.4 is 4.74 Å². The molecule has 1 aromatic heterocycles. The number of H-pyrrole nitrogens is 1. The Morgan fingerprint density at radius 3 is 2.87 bits per heavy atom. The number of aromatic amines is 1. The van der Waals surface area contributed by atoms with Crippen molar-refractivity contribution in [1.82, 2.24) is 19.5 Å². The minimum atomic E-state index is -3.62. The highest BCUT2D eigenvalue weighted by Gasteiger charge is 2.36. The van der Waals surface area contributed by atoms with Crippen molar-refractivity contribution in [1.29, 1.82) is 0 Å². The molecule has 0 radical (unpaired) electrons. The highest BCUT2D eigenvalue weighted by atomic mass is 32.2. The maximum Gasteiger partial charge on any atom is 0.243 e. The van der Waals surface area contributed by atoms with Crippen molar-refractivity contribution >= 4 is 10.0 Å². The molecule has 1 aromatic carbocycles. The Kier molecular flexibility index (Phi) is 4.36. The van der Waals surface area contributed by atoms with Gasteiger partial charge in [-0.1, -0.05) is 12.5 Å². The second-order valence-corrected chi connectivity index (χ2v) is 7.48. The van der Waals surface area contributed by atoms with Crippen molar-refractivity contribution in [2.75, 3.05) is 13.7 Å². The second-order valence-electron chi connectivity index (χ2n) is 5.59. The summed E-state index contributed by atoms with van der Waals surface area (Å²) in [5.74, 6) is 1.74. The van der Waals surface area contributed by atoms with Gasteiger partial charge < -0.3 is 4.74 Å². The number of hydrogen-bond donors (Lipinski definition) is 1. The normalized spacial score (nSPS) is 19.7. The molecule has 1 fully saturated rings. The molecule has 124 valence electrons. The number of ether oxygens (including phenoxy) is 1. The van der Waals surface area contributed by atoms with Gasteiger partial charge in [0.25, 0.3) is 0 Å². The lowest BCUT2D eigenvalue weighted by atomic mass is 10.0. The lowest BCUT2D eigenvalue weighted by Gasteiger charge is -2.33. The maximum atomic E-state index is 13.1. The molecule has 0 amide bonds. The molecule has 7 nitrogen and oxygen atoms in total. The van der Waals surface area contributed by atoms with E-state index in [2.05, 4.69) is 15.2 Å². The summed E-state index contributed by atoms with van der Waals surface area (Å²) in [6.07, 6.45) is 2.52. The predicted octanol–water partition coefficient (Wildman–Crippen LogP) is 2.04. The molecule has 23 heavy (non-hydrogen) atoms. The first-order valence-electron chi connectivity index (χ1n) is 7.57. The molecule has 2 heterocycles. The van der Waals surface area contributed by atoms with Crippen molar-refractivity contribution in [3.05, 3.63) is 35.9 Å². The molecule has 2 aromatic rings. The molecule has 8 heteroatoms. The number of sulfonamides is 1. The van der Waals surface area contributed by atoms with Gasteiger partial charge in [-0.05, 0) is 31.9 Å². The Hall–Kier alpha value is -1.93. The molecular weight excluding hydrogens is 316 g/mol. The van der Waals surface area contributed by atoms with E-state index in [1.807, 2.05) is 0 Å². The molecule has 1 unspecified atom stereocenters. The van der Waals surface area contributed by atoms with E-state index < -0.39 is 10.0 Å². The van der Waals surface area contributed by atoms with E-state index >= 15 is 0 Å². The number of benzene rings is 1. The number of aromatic nitrogens is 3. The lowest BCUT2D eigenvalue weighted by Crippen LogP contribution is -2.39. The third-order valence-electron chi connectivity index (χ3n) is 4.01. The van der Waals surface area contributed by atoms with E-state index in [1.165, 1.54) is 11.4 Å². The van der Waals surface area contributed by atoms with Gasteiger partial charge in [0.2, 0.25) is 10.0 Å². The molecular formula is C15H20N4O3S. The van der Waals surface area contributed by atoms with Gasteiger partial charge in [0.1, 0.15) is 11.6 Å². The Morgan fingerprint density at radius 2 is 2.17 bits per heavy atom. The van der Waals surface area contributed by atoms with Gasteiger partial charge in [0.05, 0.1) is 18.0 Å². The molecule has 0 saturated carbocycles. The Morgan fingerprint density at radius 1 is 1.35 bits per heavy atom. The summed E-state index contributed by atoms with van der Waals surface area (Å²) in [6, 6.07) is 6.22. The van der Waals surface area contributed by atoms with Crippen LogP contribution >= 0.6 is 0 Å². The van der Waals surface area contributed by atoms with Crippen LogP contribution in [0.15, 0.2) is 29.2 Å². The first-order valence-corrected chi connectivity index (χ1v) is 9.01. The standard InChI is InChI=1S/C15H20N4O3S/c1-11-16-15(18-17-11)14-8-3-4-9-19(14)23(20,21)13-7-5-6-12(10-13)22-2/h5-7,10,14H,3-4,8-9H2,1-2H3,(H,16,17,18). The summed E-state index contributed by atoms with van der Waals surface area (Å²) < 4.78 is 32.7. The zero-order chi connectivity index (χ0) is 16.4. The fourth-order valence-corrected chi connectivity index (χ4v) is 4.55. The summed E-state index contributed by atoms with van der Waals surface area (Å²) in [6.45, 7) is 2.28. The smallest absolute Gasteiger partial charge is 0.243 e. The van der Waals surface area contributed by atoms with E-state index in [-0.39, 0.29) is 10.9 Å². The van der Waals surface area contributed by atoms with E-state index in [1.54, 1.807) is 31.2 Å². The number of aryl methyl sites for hydroxylation is 1. The van der Waals surface area contributed by atoms with Gasteiger partial charge >= 0.3 is 0 Å². The van der Waals surface area contributed by atoms with Crippen LogP contribution in [0.5, 0.6) is 5.75 Å². The average molecular weight is 336 g/mol. The van der Waals surface area contributed by atoms with Crippen molar-refractivity contribution in [3.63, 3.8) is 0 Å². The molecule has 1 aliphatic rings. The van der Waals surface area contributed by atoms with Gasteiger partial charge in [0.15, 0.2) is 5.82 Å². The van der Waals surface area contributed by atoms with Crippen molar-refractivity contribution in [2.45, 2.75) is 37.1 Å². The van der Waals surface area contributed by atoms with Crippen LogP contribution in [0.2, 0.25) is 0 Å². The molecule has 1 saturated heterocycles. The first kappa shape index (κ1) is 15.9. The minimum absolute atomic E-state index is 0.232. The summed E-state index contributed by atoms with van der Waals surface area (Å²) in [7, 11) is -2.10. The van der Waals surface area contributed by atoms with Gasteiger partial charge in [0, 0.05) is 12.6 Å². The van der Waals surface area contributed by atoms with Crippen LogP contribution in [0.25, 0.3) is 0 Å². The minimum Gasteiger partial charge on any atom is -0.497 e. The summed E-state index contributed by atoms with van der Waals surface area (Å²) in [5.41, 5.74) is 0. The second kappa shape index (κ2) is 6.29. The Bertz CT molecular complexity index is 788. The number of nitrogens with zero attached hydrogens (tertiary/aromatic N) is 3. The molecule has 1 N–H and O–H groups in total. The Balaban J connectivity index is 1.98. The highest BCUT2D eigenvalue weighted by Crippen LogP contribution is 2.34. The topological polar surface area (TPSA) is 88.2 Å². The molecule has 0 spiro atoms. The average Bonchev–Trinajstić information content (AvgIpc) is 3.01. The predicted molar refractivity (Wildman–Crippen MR) is 84.6 cm³/mol. The van der Waals surface area contributed by atoms with Crippen LogP contribution in [-0.4, -0.2) is 41.6 Å². The number of rotatable bonds is 4. The summed E-state index contributed by atoms with van der Waals surface area (Å²) in [5, 5.41) is 6.96. The summed E-state index contributed by atoms with van der Waals surface area (Å²) >= 11 is 0. The monoisotopic (exact) mass is 336 g/mol. The molecule has 0 aliphatic carbocycles. The van der Waals surface area contributed by atoms with Crippen LogP contribution in [0.4, 0.5) is 0 Å². The first-order chi connectivity index (χ1) is 11.0. The van der Waals surface area contributed by atoms with E-state index in [0.717, 1.165) is 19.3 Å². The van der Waals surface area contributed by atoms with Crippen molar-refractivity contribution in [3.8, 4) is 5.75 Å². The number of methoxy groups -OCH3 is 1. The molecule has 0 bridgehead atoms. The zero-order valence-electron chi connectivity index (χ0n) is 13.2. The van der Waals surface area contributed by atoms with Gasteiger partial charge in [-0.3, -0.25) is 5.10 Å². The lowest BCUT2D eigenvalue weighted by molar-refractivity contribution is 0.247. The molecule has 1 aliphatic heterocycles. The van der Waals surface area contributed by atoms with Crippen LogP contribution in [-0.2, 0) is 10.0 Å². The van der Waals surface area contributed by atoms with Gasteiger partial charge in [-0.15, -0.1) is 0 Å². The largest absolute Gasteiger partial charge is 0.497 e. The van der Waals surface area contributed by atoms with Gasteiger partial charge in [-0.2, -0.15) is 9.40 Å². The number of nitrogens with one attached hydrogen (secondary N) is 1. The highest BCUT2D eigenvalue weighted by molar-refractivity contribution is 7.89. The van der Waals surface area contributed by atoms with Gasteiger partial charge in [-0.25, -0.2) is 13.4 Å². The Labute approximate surface area is 135 Å². The van der Waals surface area contributed by atoms with E-state index in [4.69, 9.17) is 4.74 Å². The van der Waals surface area contributed by atoms with Crippen molar-refractivity contribution < 1.29 is 13.2 Å². The van der Waals surface area contributed by atoms with Crippen molar-refractivity contribution in [2.24, 2.45) is 0 Å². The fraction of sp³-hybridized carbons (Fsp3) is 0.467. The summed E-state index contributed by atoms with van der Waals surface area (Å²) in [4.78, 5) is 4.56. The maximum absolute atomic E-state index is 13.1. The fourth-order valence-electron chi connectivity index (χ4n) is 2.86. The zero-order valence-corrected chi connectivity index (χ0v) is 14.0. The third-order valence-corrected chi connectivity index (χ3v) is 5.92. The van der Waals surface area contributed by atoms with Crippen LogP contribution in [0.1, 0.15) is 37.0 Å². The number of piperidine rings is 1. The molecule has 3 rings (SSSR count). The third kappa shape index (κ3) is 3.09. The van der Waals surface area contributed by atoms with E-state index in [0.29, 0.717) is 23.9 Å². The van der Waals surface area contributed by atoms with Crippen LogP contribution in [0.3, 0.4) is 0 Å². The SMILES string of the molecule is COc1cccc(S(=O)(=O)N2CCCCC2c2n[nH]c(C)n2)c1. The number of hydrogen-bond acceptors (Lipinski definition) is 5. The van der Waals surface area contributed by atoms with Crippen LogP contribution in [0, 0.1) is 6.92 Å².